The van der Waals surface area contributed by atoms with Gasteiger partial charge in [0.15, 0.2) is 0 Å². The first-order valence-electron chi connectivity index (χ1n) is 4.35. The molecule has 3 heteroatoms. The van der Waals surface area contributed by atoms with Crippen LogP contribution in [0.2, 0.25) is 0 Å². The van der Waals surface area contributed by atoms with Crippen LogP contribution in [0.25, 0.3) is 0 Å². The Morgan fingerprint density at radius 1 is 1.58 bits per heavy atom. The maximum Gasteiger partial charge on any atom is 0.0928 e. The highest BCUT2D eigenvalue weighted by Gasteiger charge is 2.01. The van der Waals surface area contributed by atoms with Gasteiger partial charge < -0.3 is 5.73 Å². The molecule has 0 bridgehead atoms. The number of thiazole rings is 1. The third-order valence-corrected chi connectivity index (χ3v) is 2.70. The van der Waals surface area contributed by atoms with Crippen LogP contribution in [0.4, 0.5) is 0 Å². The number of nitrogens with zero attached hydrogens (tertiary/aromatic N) is 1. The molecule has 0 aliphatic heterocycles. The lowest BCUT2D eigenvalue weighted by Crippen LogP contribution is -1.97. The SMILES string of the molecule is CC(C)CCc1nc(CN)cs1. The van der Waals surface area contributed by atoms with Gasteiger partial charge in [0, 0.05) is 11.9 Å². The second kappa shape index (κ2) is 4.58. The van der Waals surface area contributed by atoms with E-state index in [1.54, 1.807) is 11.3 Å². The van der Waals surface area contributed by atoms with Gasteiger partial charge in [-0.05, 0) is 18.8 Å². The van der Waals surface area contributed by atoms with Crippen LogP contribution in [0.5, 0.6) is 0 Å². The van der Waals surface area contributed by atoms with E-state index in [2.05, 4.69) is 24.2 Å². The van der Waals surface area contributed by atoms with Crippen LogP contribution < -0.4 is 5.73 Å². The minimum atomic E-state index is 0.568. The number of aromatic nitrogens is 1. The molecule has 0 unspecified atom stereocenters. The molecule has 0 aromatic carbocycles. The Hall–Kier alpha value is -0.410. The lowest BCUT2D eigenvalue weighted by atomic mass is 10.1. The zero-order valence-electron chi connectivity index (χ0n) is 7.71. The highest BCUT2D eigenvalue weighted by molar-refractivity contribution is 7.09. The highest BCUT2D eigenvalue weighted by Crippen LogP contribution is 2.13. The summed E-state index contributed by atoms with van der Waals surface area (Å²) in [5.41, 5.74) is 6.49. The van der Waals surface area contributed by atoms with Gasteiger partial charge in [0.25, 0.3) is 0 Å². The molecule has 1 heterocycles. The Kier molecular flexibility index (Phi) is 3.69. The van der Waals surface area contributed by atoms with Crippen molar-refractivity contribution in [2.45, 2.75) is 33.2 Å². The standard InChI is InChI=1S/C9H16N2S/c1-7(2)3-4-9-11-8(5-10)6-12-9/h6-7H,3-5,10H2,1-2H3. The van der Waals surface area contributed by atoms with Crippen molar-refractivity contribution in [3.8, 4) is 0 Å². The molecule has 2 N–H and O–H groups in total. The van der Waals surface area contributed by atoms with Gasteiger partial charge >= 0.3 is 0 Å². The van der Waals surface area contributed by atoms with Crippen LogP contribution >= 0.6 is 11.3 Å². The molecule has 2 nitrogen and oxygen atoms in total. The Balaban J connectivity index is 2.41. The van der Waals surface area contributed by atoms with Gasteiger partial charge in [-0.25, -0.2) is 4.98 Å². The predicted octanol–water partition coefficient (Wildman–Crippen LogP) is 2.19. The molecule has 0 aliphatic rings. The summed E-state index contributed by atoms with van der Waals surface area (Å²) in [5.74, 6) is 0.759. The fourth-order valence-corrected chi connectivity index (χ4v) is 1.80. The first-order valence-corrected chi connectivity index (χ1v) is 5.23. The Morgan fingerprint density at radius 3 is 2.83 bits per heavy atom. The minimum absolute atomic E-state index is 0.568. The number of rotatable bonds is 4. The Bertz CT molecular complexity index is 230. The van der Waals surface area contributed by atoms with Crippen molar-refractivity contribution in [3.05, 3.63) is 16.1 Å². The fourth-order valence-electron chi connectivity index (χ4n) is 0.970. The second-order valence-electron chi connectivity index (χ2n) is 3.37. The molecule has 1 aromatic rings. The molecule has 0 radical (unpaired) electrons. The number of hydrogen-bond donors (Lipinski definition) is 1. The molecule has 0 saturated heterocycles. The summed E-state index contributed by atoms with van der Waals surface area (Å²) in [6, 6.07) is 0. The summed E-state index contributed by atoms with van der Waals surface area (Å²) in [5, 5.41) is 3.28. The normalized spacial score (nSPS) is 11.0. The van der Waals surface area contributed by atoms with Crippen molar-refractivity contribution >= 4 is 11.3 Å². The first kappa shape index (κ1) is 9.68. The van der Waals surface area contributed by atoms with E-state index in [4.69, 9.17) is 5.73 Å². The van der Waals surface area contributed by atoms with Crippen molar-refractivity contribution in [1.29, 1.82) is 0 Å². The molecule has 1 rings (SSSR count). The van der Waals surface area contributed by atoms with E-state index in [1.165, 1.54) is 11.4 Å². The average molecular weight is 184 g/mol. The van der Waals surface area contributed by atoms with Gasteiger partial charge in [-0.15, -0.1) is 11.3 Å². The highest BCUT2D eigenvalue weighted by atomic mass is 32.1. The Labute approximate surface area is 77.8 Å². The van der Waals surface area contributed by atoms with Crippen molar-refractivity contribution in [2.75, 3.05) is 0 Å². The van der Waals surface area contributed by atoms with Gasteiger partial charge in [-0.3, -0.25) is 0 Å². The summed E-state index contributed by atoms with van der Waals surface area (Å²) < 4.78 is 0. The zero-order valence-corrected chi connectivity index (χ0v) is 8.53. The van der Waals surface area contributed by atoms with Gasteiger partial charge in [-0.1, -0.05) is 13.8 Å². The molecule has 12 heavy (non-hydrogen) atoms. The quantitative estimate of drug-likeness (QED) is 0.779. The minimum Gasteiger partial charge on any atom is -0.325 e. The molecule has 0 amide bonds. The summed E-state index contributed by atoms with van der Waals surface area (Å²) in [7, 11) is 0. The fraction of sp³-hybridized carbons (Fsp3) is 0.667. The van der Waals surface area contributed by atoms with Crippen molar-refractivity contribution in [3.63, 3.8) is 0 Å². The van der Waals surface area contributed by atoms with E-state index in [0.29, 0.717) is 6.54 Å². The van der Waals surface area contributed by atoms with Gasteiger partial charge in [0.2, 0.25) is 0 Å². The van der Waals surface area contributed by atoms with E-state index < -0.39 is 0 Å². The maximum atomic E-state index is 5.46. The topological polar surface area (TPSA) is 38.9 Å². The zero-order chi connectivity index (χ0) is 8.97. The van der Waals surface area contributed by atoms with Crippen LogP contribution in [0.15, 0.2) is 5.38 Å². The number of hydrogen-bond acceptors (Lipinski definition) is 3. The maximum absolute atomic E-state index is 5.46. The average Bonchev–Trinajstić information content (AvgIpc) is 2.48. The molecule has 0 atom stereocenters. The monoisotopic (exact) mass is 184 g/mol. The molecule has 0 aliphatic carbocycles. The van der Waals surface area contributed by atoms with Gasteiger partial charge in [0.05, 0.1) is 10.7 Å². The predicted molar refractivity (Wildman–Crippen MR) is 53.2 cm³/mol. The summed E-state index contributed by atoms with van der Waals surface area (Å²) >= 11 is 1.72. The molecular formula is C9H16N2S. The molecule has 0 fully saturated rings. The van der Waals surface area contributed by atoms with E-state index in [-0.39, 0.29) is 0 Å². The molecule has 0 spiro atoms. The van der Waals surface area contributed by atoms with Crippen LogP contribution in [0.1, 0.15) is 31.0 Å². The van der Waals surface area contributed by atoms with Crippen LogP contribution in [-0.2, 0) is 13.0 Å². The van der Waals surface area contributed by atoms with E-state index in [1.807, 2.05) is 0 Å². The molecule has 1 aromatic heterocycles. The molecule has 0 saturated carbocycles. The lowest BCUT2D eigenvalue weighted by molar-refractivity contribution is 0.585. The van der Waals surface area contributed by atoms with Crippen LogP contribution in [0.3, 0.4) is 0 Å². The first-order chi connectivity index (χ1) is 5.72. The second-order valence-corrected chi connectivity index (χ2v) is 4.31. The lowest BCUT2D eigenvalue weighted by Gasteiger charge is -2.00. The van der Waals surface area contributed by atoms with E-state index >= 15 is 0 Å². The Morgan fingerprint density at radius 2 is 2.33 bits per heavy atom. The third-order valence-electron chi connectivity index (χ3n) is 1.74. The smallest absolute Gasteiger partial charge is 0.0928 e. The van der Waals surface area contributed by atoms with E-state index in [0.717, 1.165) is 18.0 Å². The van der Waals surface area contributed by atoms with Crippen molar-refractivity contribution in [1.82, 2.24) is 4.98 Å². The van der Waals surface area contributed by atoms with Crippen LogP contribution in [0, 0.1) is 5.92 Å². The summed E-state index contributed by atoms with van der Waals surface area (Å²) in [4.78, 5) is 4.39. The molecular weight excluding hydrogens is 168 g/mol. The number of aryl methyl sites for hydroxylation is 1. The van der Waals surface area contributed by atoms with E-state index in [9.17, 15) is 0 Å². The van der Waals surface area contributed by atoms with Gasteiger partial charge in [0.1, 0.15) is 0 Å². The largest absolute Gasteiger partial charge is 0.325 e. The number of nitrogens with two attached hydrogens (primary N) is 1. The summed E-state index contributed by atoms with van der Waals surface area (Å²) in [6.45, 7) is 5.03. The van der Waals surface area contributed by atoms with Crippen LogP contribution in [-0.4, -0.2) is 4.98 Å². The van der Waals surface area contributed by atoms with Gasteiger partial charge in [-0.2, -0.15) is 0 Å². The summed E-state index contributed by atoms with van der Waals surface area (Å²) in [6.07, 6.45) is 2.32. The van der Waals surface area contributed by atoms with Crippen molar-refractivity contribution in [2.24, 2.45) is 11.7 Å². The molecule has 68 valence electrons. The third kappa shape index (κ3) is 2.91. The van der Waals surface area contributed by atoms with Crippen molar-refractivity contribution < 1.29 is 0 Å².